The number of carbonyl (C=O) groups excluding carboxylic acids is 1. The number of rotatable bonds is 2. The van der Waals surface area contributed by atoms with Crippen LogP contribution in [-0.4, -0.2) is 11.0 Å². The lowest BCUT2D eigenvalue weighted by atomic mass is 10.5. The molecule has 3 nitrogen and oxygen atoms in total. The van der Waals surface area contributed by atoms with Crippen LogP contribution in [0.4, 0.5) is 0 Å². The summed E-state index contributed by atoms with van der Waals surface area (Å²) in [4.78, 5) is 14.4. The maximum Gasteiger partial charge on any atom is 0.312 e. The van der Waals surface area contributed by atoms with Crippen molar-refractivity contribution in [3.63, 3.8) is 0 Å². The van der Waals surface area contributed by atoms with Crippen LogP contribution in [0.5, 0.6) is 5.88 Å². The van der Waals surface area contributed by atoms with Crippen LogP contribution in [0, 0.1) is 0 Å². The number of hydrogen-bond acceptors (Lipinski definition) is 4. The fourth-order valence-corrected chi connectivity index (χ4v) is 1.13. The van der Waals surface area contributed by atoms with Crippen molar-refractivity contribution >= 4 is 28.9 Å². The van der Waals surface area contributed by atoms with E-state index >= 15 is 0 Å². The topological polar surface area (TPSA) is 39.2 Å². The molecule has 0 radical (unpaired) electrons. The lowest BCUT2D eigenvalue weighted by Crippen LogP contribution is -2.05. The molecule has 0 unspecified atom stereocenters. The maximum atomic E-state index is 10.7. The van der Waals surface area contributed by atoms with E-state index < -0.39 is 0 Å². The van der Waals surface area contributed by atoms with E-state index in [1.165, 1.54) is 11.3 Å². The lowest BCUT2D eigenvalue weighted by molar-refractivity contribution is -0.134. The molecule has 0 saturated carbocycles. The monoisotopic (exact) mass is 191 g/mol. The van der Waals surface area contributed by atoms with E-state index in [2.05, 4.69) is 4.98 Å². The Morgan fingerprint density at radius 1 is 1.91 bits per heavy atom. The number of ether oxygens (including phenoxy) is 1. The van der Waals surface area contributed by atoms with E-state index in [4.69, 9.17) is 16.3 Å². The van der Waals surface area contributed by atoms with Crippen molar-refractivity contribution in [3.8, 4) is 5.88 Å². The molecule has 0 fully saturated rings. The Balaban J connectivity index is 2.57. The Labute approximate surface area is 73.0 Å². The van der Waals surface area contributed by atoms with Crippen LogP contribution in [0.3, 0.4) is 0 Å². The van der Waals surface area contributed by atoms with Gasteiger partial charge in [0.1, 0.15) is 0 Å². The second kappa shape index (κ2) is 3.69. The summed E-state index contributed by atoms with van der Waals surface area (Å²) in [6.07, 6.45) is 0.342. The third-order valence-electron chi connectivity index (χ3n) is 0.962. The molecule has 0 saturated heterocycles. The highest BCUT2D eigenvalue weighted by Gasteiger charge is 2.04. The molecule has 0 aliphatic heterocycles. The van der Waals surface area contributed by atoms with Crippen LogP contribution in [-0.2, 0) is 4.79 Å². The maximum absolute atomic E-state index is 10.7. The van der Waals surface area contributed by atoms with Gasteiger partial charge in [-0.1, -0.05) is 18.5 Å². The molecular formula is C6H6ClNO2S. The van der Waals surface area contributed by atoms with Crippen molar-refractivity contribution in [2.75, 3.05) is 0 Å². The molecule has 0 aliphatic rings. The van der Waals surface area contributed by atoms with Crippen molar-refractivity contribution in [2.45, 2.75) is 13.3 Å². The summed E-state index contributed by atoms with van der Waals surface area (Å²) in [7, 11) is 0. The summed E-state index contributed by atoms with van der Waals surface area (Å²) in [6.45, 7) is 1.72. The number of hydrogen-bond donors (Lipinski definition) is 0. The number of nitrogens with zero attached hydrogens (tertiary/aromatic N) is 1. The van der Waals surface area contributed by atoms with E-state index in [1.807, 2.05) is 0 Å². The molecule has 0 spiro atoms. The largest absolute Gasteiger partial charge is 0.406 e. The second-order valence-corrected chi connectivity index (χ2v) is 3.21. The number of thiazole rings is 1. The van der Waals surface area contributed by atoms with E-state index in [1.54, 1.807) is 12.3 Å². The smallest absolute Gasteiger partial charge is 0.312 e. The van der Waals surface area contributed by atoms with Gasteiger partial charge in [-0.3, -0.25) is 4.79 Å². The molecule has 1 rings (SSSR count). The van der Waals surface area contributed by atoms with Gasteiger partial charge in [-0.2, -0.15) is 4.98 Å². The second-order valence-electron chi connectivity index (χ2n) is 1.77. The lowest BCUT2D eigenvalue weighted by Gasteiger charge is -1.94. The zero-order valence-electron chi connectivity index (χ0n) is 5.83. The molecule has 0 aliphatic carbocycles. The van der Waals surface area contributed by atoms with Gasteiger partial charge in [-0.15, -0.1) is 11.3 Å². The molecule has 0 N–H and O–H groups in total. The van der Waals surface area contributed by atoms with Gasteiger partial charge in [0, 0.05) is 6.42 Å². The highest BCUT2D eigenvalue weighted by Crippen LogP contribution is 2.20. The Bertz CT molecular complexity index is 261. The molecular weight excluding hydrogens is 186 g/mol. The SMILES string of the molecule is CCC(=O)Oc1csc(Cl)n1. The minimum Gasteiger partial charge on any atom is -0.406 e. The average molecular weight is 192 g/mol. The predicted molar refractivity (Wildman–Crippen MR) is 43.1 cm³/mol. The Morgan fingerprint density at radius 3 is 3.09 bits per heavy atom. The van der Waals surface area contributed by atoms with Crippen LogP contribution in [0.2, 0.25) is 4.47 Å². The van der Waals surface area contributed by atoms with Crippen molar-refractivity contribution in [3.05, 3.63) is 9.85 Å². The van der Waals surface area contributed by atoms with Crippen LogP contribution < -0.4 is 4.74 Å². The third-order valence-corrected chi connectivity index (χ3v) is 1.92. The number of aromatic nitrogens is 1. The molecule has 0 bridgehead atoms. The molecule has 0 atom stereocenters. The summed E-state index contributed by atoms with van der Waals surface area (Å²) in [6, 6.07) is 0. The number of esters is 1. The van der Waals surface area contributed by atoms with Gasteiger partial charge >= 0.3 is 5.97 Å². The van der Waals surface area contributed by atoms with Gasteiger partial charge in [0.05, 0.1) is 5.38 Å². The Kier molecular flexibility index (Phi) is 2.84. The van der Waals surface area contributed by atoms with Crippen molar-refractivity contribution < 1.29 is 9.53 Å². The fourth-order valence-electron chi connectivity index (χ4n) is 0.474. The zero-order chi connectivity index (χ0) is 8.27. The van der Waals surface area contributed by atoms with Gasteiger partial charge in [0.2, 0.25) is 5.88 Å². The summed E-state index contributed by atoms with van der Waals surface area (Å²) >= 11 is 6.74. The third kappa shape index (κ3) is 2.48. The minimum absolute atomic E-state index is 0.284. The summed E-state index contributed by atoms with van der Waals surface area (Å²) in [5, 5.41) is 1.59. The Hall–Kier alpha value is -0.610. The van der Waals surface area contributed by atoms with E-state index in [9.17, 15) is 4.79 Å². The predicted octanol–water partition coefficient (Wildman–Crippen LogP) is 2.11. The first-order chi connectivity index (χ1) is 5.22. The van der Waals surface area contributed by atoms with E-state index in [0.717, 1.165) is 0 Å². The van der Waals surface area contributed by atoms with Gasteiger partial charge < -0.3 is 4.74 Å². The van der Waals surface area contributed by atoms with Gasteiger partial charge in [-0.25, -0.2) is 0 Å². The normalized spacial score (nSPS) is 9.64. The Morgan fingerprint density at radius 2 is 2.64 bits per heavy atom. The van der Waals surface area contributed by atoms with Crippen LogP contribution in [0.15, 0.2) is 5.38 Å². The highest BCUT2D eigenvalue weighted by atomic mass is 35.5. The average Bonchev–Trinajstić information content (AvgIpc) is 2.35. The van der Waals surface area contributed by atoms with E-state index in [0.29, 0.717) is 10.9 Å². The first kappa shape index (κ1) is 8.49. The van der Waals surface area contributed by atoms with Gasteiger partial charge in [0.25, 0.3) is 0 Å². The highest BCUT2D eigenvalue weighted by molar-refractivity contribution is 7.14. The van der Waals surface area contributed by atoms with Crippen LogP contribution >= 0.6 is 22.9 Å². The number of carbonyl (C=O) groups is 1. The van der Waals surface area contributed by atoms with Crippen LogP contribution in [0.25, 0.3) is 0 Å². The van der Waals surface area contributed by atoms with Crippen LogP contribution in [0.1, 0.15) is 13.3 Å². The standard InChI is InChI=1S/C6H6ClNO2S/c1-2-5(9)10-4-3-11-6(7)8-4/h3H,2H2,1H3. The quantitative estimate of drug-likeness (QED) is 0.673. The van der Waals surface area contributed by atoms with Crippen molar-refractivity contribution in [2.24, 2.45) is 0 Å². The molecule has 1 aromatic rings. The molecule has 0 amide bonds. The molecule has 0 aromatic carbocycles. The zero-order valence-corrected chi connectivity index (χ0v) is 7.41. The van der Waals surface area contributed by atoms with E-state index in [-0.39, 0.29) is 11.8 Å². The van der Waals surface area contributed by atoms with Gasteiger partial charge in [-0.05, 0) is 0 Å². The molecule has 60 valence electrons. The van der Waals surface area contributed by atoms with Crippen molar-refractivity contribution in [1.82, 2.24) is 4.98 Å². The molecule has 5 heteroatoms. The molecule has 11 heavy (non-hydrogen) atoms. The van der Waals surface area contributed by atoms with Gasteiger partial charge in [0.15, 0.2) is 4.47 Å². The first-order valence-corrected chi connectivity index (χ1v) is 4.30. The fraction of sp³-hybridized carbons (Fsp3) is 0.333. The summed E-state index contributed by atoms with van der Waals surface area (Å²) in [5.41, 5.74) is 0. The molecule has 1 heterocycles. The molecule has 1 aromatic heterocycles. The first-order valence-electron chi connectivity index (χ1n) is 3.04. The summed E-state index contributed by atoms with van der Waals surface area (Å²) < 4.78 is 5.14. The summed E-state index contributed by atoms with van der Waals surface area (Å²) in [5.74, 6) is -0.0150. The minimum atomic E-state index is -0.299. The number of halogens is 1. The van der Waals surface area contributed by atoms with Crippen molar-refractivity contribution in [1.29, 1.82) is 0 Å².